The summed E-state index contributed by atoms with van der Waals surface area (Å²) in [5, 5.41) is 3.75. The molecule has 2 saturated carbocycles. The van der Waals surface area contributed by atoms with E-state index in [1.165, 1.54) is 38.6 Å². The molecular weight excluding hydrogens is 146 g/mol. The van der Waals surface area contributed by atoms with Crippen LogP contribution < -0.4 is 5.32 Å². The number of hydrogen-bond acceptors (Lipinski definition) is 1. The number of hydrogen-bond donors (Lipinski definition) is 1. The fourth-order valence-electron chi connectivity index (χ4n) is 2.39. The van der Waals surface area contributed by atoms with E-state index in [1.54, 1.807) is 0 Å². The third-order valence-corrected chi connectivity index (χ3v) is 3.77. The van der Waals surface area contributed by atoms with Crippen LogP contribution in [0, 0.1) is 11.8 Å². The smallest absolute Gasteiger partial charge is 0.0153 e. The van der Waals surface area contributed by atoms with Gasteiger partial charge in [-0.1, -0.05) is 19.8 Å². The van der Waals surface area contributed by atoms with Crippen molar-refractivity contribution in [3.8, 4) is 0 Å². The molecule has 0 radical (unpaired) electrons. The molecule has 2 atom stereocenters. The molecule has 0 aromatic heterocycles. The predicted molar refractivity (Wildman–Crippen MR) is 52.1 cm³/mol. The molecule has 2 rings (SSSR count). The Kier molecular flexibility index (Phi) is 2.16. The van der Waals surface area contributed by atoms with E-state index in [4.69, 9.17) is 0 Å². The largest absolute Gasteiger partial charge is 0.311 e. The van der Waals surface area contributed by atoms with E-state index in [0.717, 1.165) is 11.8 Å². The number of nitrogens with one attached hydrogen (secondary N) is 1. The molecule has 0 aromatic carbocycles. The van der Waals surface area contributed by atoms with Crippen LogP contribution in [-0.4, -0.2) is 12.1 Å². The van der Waals surface area contributed by atoms with Crippen molar-refractivity contribution in [2.45, 2.75) is 51.5 Å². The van der Waals surface area contributed by atoms with Gasteiger partial charge in [0.25, 0.3) is 0 Å². The second kappa shape index (κ2) is 3.02. The van der Waals surface area contributed by atoms with Gasteiger partial charge in [-0.25, -0.2) is 0 Å². The predicted octanol–water partition coefficient (Wildman–Crippen LogP) is 2.56. The minimum Gasteiger partial charge on any atom is -0.311 e. The maximum Gasteiger partial charge on any atom is 0.0153 e. The van der Waals surface area contributed by atoms with Gasteiger partial charge in [-0.15, -0.1) is 0 Å². The summed E-state index contributed by atoms with van der Waals surface area (Å²) < 4.78 is 0. The van der Waals surface area contributed by atoms with Gasteiger partial charge in [-0.05, 0) is 44.6 Å². The molecule has 0 aliphatic heterocycles. The van der Waals surface area contributed by atoms with E-state index < -0.39 is 0 Å². The van der Waals surface area contributed by atoms with E-state index in [-0.39, 0.29) is 0 Å². The summed E-state index contributed by atoms with van der Waals surface area (Å²) in [5.41, 5.74) is 0.502. The van der Waals surface area contributed by atoms with Crippen molar-refractivity contribution in [2.24, 2.45) is 11.8 Å². The molecule has 2 unspecified atom stereocenters. The van der Waals surface area contributed by atoms with Crippen molar-refractivity contribution in [3.05, 3.63) is 0 Å². The minimum atomic E-state index is 0.502. The summed E-state index contributed by atoms with van der Waals surface area (Å²) in [5.74, 6) is 2.00. The SMILES string of the molecule is CC1CC1CNC1(C)CCCC1. The molecule has 0 spiro atoms. The topological polar surface area (TPSA) is 12.0 Å². The summed E-state index contributed by atoms with van der Waals surface area (Å²) in [4.78, 5) is 0. The Hall–Kier alpha value is -0.0400. The zero-order valence-corrected chi connectivity index (χ0v) is 8.40. The molecule has 0 saturated heterocycles. The molecule has 1 nitrogen and oxygen atoms in total. The quantitative estimate of drug-likeness (QED) is 0.681. The van der Waals surface area contributed by atoms with Crippen molar-refractivity contribution in [1.82, 2.24) is 5.32 Å². The Balaban J connectivity index is 1.71. The zero-order valence-electron chi connectivity index (χ0n) is 8.40. The third-order valence-electron chi connectivity index (χ3n) is 3.77. The van der Waals surface area contributed by atoms with Crippen LogP contribution in [0.25, 0.3) is 0 Å². The fraction of sp³-hybridized carbons (Fsp3) is 1.00. The van der Waals surface area contributed by atoms with Gasteiger partial charge < -0.3 is 5.32 Å². The lowest BCUT2D eigenvalue weighted by Gasteiger charge is -2.25. The first kappa shape index (κ1) is 8.55. The van der Waals surface area contributed by atoms with Gasteiger partial charge in [0.15, 0.2) is 0 Å². The van der Waals surface area contributed by atoms with Crippen LogP contribution in [0.5, 0.6) is 0 Å². The molecule has 0 bridgehead atoms. The summed E-state index contributed by atoms with van der Waals surface area (Å²) in [6.45, 7) is 6.04. The summed E-state index contributed by atoms with van der Waals surface area (Å²) in [6, 6.07) is 0. The Labute approximate surface area is 75.9 Å². The van der Waals surface area contributed by atoms with E-state index in [9.17, 15) is 0 Å². The third kappa shape index (κ3) is 1.82. The molecule has 1 heteroatoms. The average Bonchev–Trinajstić information content (AvgIpc) is 2.55. The fourth-order valence-corrected chi connectivity index (χ4v) is 2.39. The van der Waals surface area contributed by atoms with Crippen molar-refractivity contribution in [2.75, 3.05) is 6.54 Å². The van der Waals surface area contributed by atoms with Crippen LogP contribution in [-0.2, 0) is 0 Å². The molecule has 0 amide bonds. The molecule has 0 aromatic rings. The van der Waals surface area contributed by atoms with Gasteiger partial charge in [-0.2, -0.15) is 0 Å². The Bertz CT molecular complexity index is 158. The molecule has 2 fully saturated rings. The first-order valence-electron chi connectivity index (χ1n) is 5.45. The molecule has 12 heavy (non-hydrogen) atoms. The normalized spacial score (nSPS) is 38.5. The maximum atomic E-state index is 3.75. The standard InChI is InChI=1S/C11H21N/c1-9-7-10(9)8-12-11(2)5-3-4-6-11/h9-10,12H,3-8H2,1-2H3. The van der Waals surface area contributed by atoms with Crippen molar-refractivity contribution in [1.29, 1.82) is 0 Å². The highest BCUT2D eigenvalue weighted by molar-refractivity contribution is 4.92. The van der Waals surface area contributed by atoms with Crippen LogP contribution in [0.4, 0.5) is 0 Å². The van der Waals surface area contributed by atoms with Gasteiger partial charge in [0.2, 0.25) is 0 Å². The van der Waals surface area contributed by atoms with E-state index >= 15 is 0 Å². The van der Waals surface area contributed by atoms with E-state index in [0.29, 0.717) is 5.54 Å². The van der Waals surface area contributed by atoms with Crippen LogP contribution in [0.2, 0.25) is 0 Å². The van der Waals surface area contributed by atoms with Crippen molar-refractivity contribution >= 4 is 0 Å². The Morgan fingerprint density at radius 2 is 1.92 bits per heavy atom. The van der Waals surface area contributed by atoms with Gasteiger partial charge in [0, 0.05) is 5.54 Å². The molecule has 2 aliphatic carbocycles. The highest BCUT2D eigenvalue weighted by Gasteiger charge is 2.35. The zero-order chi connectivity index (χ0) is 8.60. The van der Waals surface area contributed by atoms with Gasteiger partial charge in [0.05, 0.1) is 0 Å². The average molecular weight is 167 g/mol. The van der Waals surface area contributed by atoms with Crippen molar-refractivity contribution in [3.63, 3.8) is 0 Å². The lowest BCUT2D eigenvalue weighted by molar-refractivity contribution is 0.355. The molecule has 2 aliphatic rings. The second-order valence-electron chi connectivity index (χ2n) is 5.12. The summed E-state index contributed by atoms with van der Waals surface area (Å²) in [6.07, 6.45) is 7.12. The lowest BCUT2D eigenvalue weighted by atomic mass is 10.0. The molecule has 70 valence electrons. The van der Waals surface area contributed by atoms with Crippen molar-refractivity contribution < 1.29 is 0 Å². The molecular formula is C11H21N. The number of rotatable bonds is 3. The Morgan fingerprint density at radius 1 is 1.33 bits per heavy atom. The second-order valence-corrected chi connectivity index (χ2v) is 5.12. The highest BCUT2D eigenvalue weighted by atomic mass is 15.0. The lowest BCUT2D eigenvalue weighted by Crippen LogP contribution is -2.40. The van der Waals surface area contributed by atoms with Gasteiger partial charge in [-0.3, -0.25) is 0 Å². The van der Waals surface area contributed by atoms with Gasteiger partial charge >= 0.3 is 0 Å². The van der Waals surface area contributed by atoms with E-state index in [1.807, 2.05) is 0 Å². The van der Waals surface area contributed by atoms with Gasteiger partial charge in [0.1, 0.15) is 0 Å². The molecule has 0 heterocycles. The Morgan fingerprint density at radius 3 is 2.42 bits per heavy atom. The highest BCUT2D eigenvalue weighted by Crippen LogP contribution is 2.38. The van der Waals surface area contributed by atoms with E-state index in [2.05, 4.69) is 19.2 Å². The maximum absolute atomic E-state index is 3.75. The summed E-state index contributed by atoms with van der Waals surface area (Å²) in [7, 11) is 0. The first-order valence-corrected chi connectivity index (χ1v) is 5.45. The van der Waals surface area contributed by atoms with Crippen LogP contribution in [0.1, 0.15) is 46.0 Å². The minimum absolute atomic E-state index is 0.502. The van der Waals surface area contributed by atoms with Crippen LogP contribution >= 0.6 is 0 Å². The monoisotopic (exact) mass is 167 g/mol. The molecule has 1 N–H and O–H groups in total. The van der Waals surface area contributed by atoms with Crippen LogP contribution in [0.3, 0.4) is 0 Å². The summed E-state index contributed by atoms with van der Waals surface area (Å²) >= 11 is 0. The first-order chi connectivity index (χ1) is 5.70. The van der Waals surface area contributed by atoms with Crippen LogP contribution in [0.15, 0.2) is 0 Å².